The molecule has 1 spiro atoms. The summed E-state index contributed by atoms with van der Waals surface area (Å²) in [5, 5.41) is 14.6. The highest BCUT2D eigenvalue weighted by Gasteiger charge is 2.69. The minimum Gasteiger partial charge on any atom is -0.456 e. The van der Waals surface area contributed by atoms with Crippen molar-refractivity contribution in [3.8, 4) is 0 Å². The summed E-state index contributed by atoms with van der Waals surface area (Å²) in [5.74, 6) is -4.89. The van der Waals surface area contributed by atoms with Crippen LogP contribution in [0.4, 0.5) is 0 Å². The van der Waals surface area contributed by atoms with E-state index >= 15 is 0 Å². The van der Waals surface area contributed by atoms with Gasteiger partial charge in [0.25, 0.3) is 0 Å². The van der Waals surface area contributed by atoms with E-state index in [-0.39, 0.29) is 24.2 Å². The highest BCUT2D eigenvalue weighted by atomic mass is 16.6. The predicted molar refractivity (Wildman–Crippen MR) is 190 cm³/mol. The highest BCUT2D eigenvalue weighted by Crippen LogP contribution is 2.61. The fraction of sp³-hybridized carbons (Fsp3) is 0.561. The number of cyclic esters (lactones) is 1. The molecule has 2 fully saturated rings. The molecular weight excluding hydrogens is 666 g/mol. The molecule has 5 aliphatic rings. The number of nitrogens with one attached hydrogen (secondary N) is 1. The lowest BCUT2D eigenvalue weighted by atomic mass is 9.57. The van der Waals surface area contributed by atoms with Crippen LogP contribution in [0.25, 0.3) is 0 Å². The number of unbranched alkanes of at least 4 members (excludes halogenated alkanes) is 1. The molecule has 3 unspecified atom stereocenters. The van der Waals surface area contributed by atoms with Gasteiger partial charge in [0.05, 0.1) is 6.10 Å². The van der Waals surface area contributed by atoms with Crippen LogP contribution in [0.15, 0.2) is 77.9 Å². The van der Waals surface area contributed by atoms with Gasteiger partial charge in [-0.05, 0) is 57.1 Å². The summed E-state index contributed by atoms with van der Waals surface area (Å²) in [7, 11) is 1.43. The fourth-order valence-electron chi connectivity index (χ4n) is 8.95. The van der Waals surface area contributed by atoms with Gasteiger partial charge in [-0.2, -0.15) is 0 Å². The number of ether oxygens (including phenoxy) is 5. The van der Waals surface area contributed by atoms with Crippen LogP contribution in [-0.4, -0.2) is 84.8 Å². The van der Waals surface area contributed by atoms with Crippen LogP contribution in [0.5, 0.6) is 0 Å². The zero-order valence-corrected chi connectivity index (χ0v) is 30.6. The summed E-state index contributed by atoms with van der Waals surface area (Å²) < 4.78 is 30.4. The average Bonchev–Trinajstić information content (AvgIpc) is 3.74. The second-order valence-electron chi connectivity index (χ2n) is 14.9. The molecule has 0 aromatic heterocycles. The van der Waals surface area contributed by atoms with E-state index in [4.69, 9.17) is 23.7 Å². The summed E-state index contributed by atoms with van der Waals surface area (Å²) in [6.07, 6.45) is 9.50. The molecular formula is C41H51NO10. The van der Waals surface area contributed by atoms with Crippen LogP contribution in [0.2, 0.25) is 0 Å². The van der Waals surface area contributed by atoms with Crippen molar-refractivity contribution in [3.05, 3.63) is 83.5 Å². The van der Waals surface area contributed by atoms with Gasteiger partial charge in [-0.1, -0.05) is 80.6 Å². The molecule has 11 nitrogen and oxygen atoms in total. The molecule has 1 saturated carbocycles. The Kier molecular flexibility index (Phi) is 11.5. The Morgan fingerprint density at radius 1 is 1.12 bits per heavy atom. The second-order valence-corrected chi connectivity index (χ2v) is 14.9. The third-order valence-corrected chi connectivity index (χ3v) is 11.6. The number of hydrogen-bond acceptors (Lipinski definition) is 10. The largest absolute Gasteiger partial charge is 0.456 e. The van der Waals surface area contributed by atoms with Gasteiger partial charge in [0.1, 0.15) is 30.0 Å². The van der Waals surface area contributed by atoms with Crippen molar-refractivity contribution in [2.45, 2.75) is 102 Å². The van der Waals surface area contributed by atoms with Crippen LogP contribution in [0.1, 0.15) is 58.9 Å². The molecule has 1 aromatic rings. The van der Waals surface area contributed by atoms with E-state index in [0.29, 0.717) is 25.0 Å². The molecule has 0 radical (unpaired) electrons. The number of aliphatic hydroxyl groups excluding tert-OH is 1. The standard InChI is InChI=1S/C41H51NO10/c1-23-21-24(2)41-29(18-19-30-32(41)33(43)25(3)35(36(30)52-41)51-38(45)28-16-9-10-17-28)22-31(48-5)39(46)50-34(23)26(4)49-40(47)37(44)42-20-12-11-15-27-13-7-6-8-14-27/h6-10,13-14,16,18-19,21,23,25-26,29-36,43H,11-12,15,17,20,22H2,1-5H3,(H,42,44)/b24-21+/t23-,25-,26-,29-,30?,31+,32?,33?,34+,35-,36-,41+/m1/s1. The molecule has 4 bridgehead atoms. The normalized spacial score (nSPS) is 36.4. The Bertz CT molecular complexity index is 1630. The Morgan fingerprint density at radius 2 is 1.88 bits per heavy atom. The first-order valence-electron chi connectivity index (χ1n) is 18.5. The number of esters is 3. The Hall–Kier alpha value is -4.06. The Balaban J connectivity index is 1.18. The van der Waals surface area contributed by atoms with Crippen molar-refractivity contribution in [2.75, 3.05) is 13.7 Å². The first-order valence-corrected chi connectivity index (χ1v) is 18.5. The number of aryl methyl sites for hydroxylation is 1. The summed E-state index contributed by atoms with van der Waals surface area (Å²) in [6.45, 7) is 7.58. The van der Waals surface area contributed by atoms with Crippen molar-refractivity contribution in [1.29, 1.82) is 0 Å². The molecule has 12 atom stereocenters. The summed E-state index contributed by atoms with van der Waals surface area (Å²) >= 11 is 0. The maximum absolute atomic E-state index is 13.7. The monoisotopic (exact) mass is 717 g/mol. The van der Waals surface area contributed by atoms with Crippen LogP contribution in [-0.2, 0) is 49.3 Å². The molecule has 280 valence electrons. The lowest BCUT2D eigenvalue weighted by Crippen LogP contribution is -2.57. The van der Waals surface area contributed by atoms with Gasteiger partial charge in [-0.25, -0.2) is 14.4 Å². The zero-order chi connectivity index (χ0) is 37.2. The quantitative estimate of drug-likeness (QED) is 0.118. The fourth-order valence-corrected chi connectivity index (χ4v) is 8.95. The topological polar surface area (TPSA) is 147 Å². The number of aliphatic hydroxyl groups is 1. The second kappa shape index (κ2) is 15.9. The first kappa shape index (κ1) is 37.7. The summed E-state index contributed by atoms with van der Waals surface area (Å²) in [5.41, 5.74) is 1.54. The molecule has 2 N–H and O–H groups in total. The number of hydrogen-bond donors (Lipinski definition) is 2. The van der Waals surface area contributed by atoms with Gasteiger partial charge in [-0.15, -0.1) is 0 Å². The molecule has 1 amide bonds. The lowest BCUT2D eigenvalue weighted by Gasteiger charge is -2.49. The maximum Gasteiger partial charge on any atom is 0.397 e. The molecule has 2 heterocycles. The number of methoxy groups -OCH3 is 1. The number of benzene rings is 1. The Labute approximate surface area is 305 Å². The van der Waals surface area contributed by atoms with E-state index in [2.05, 4.69) is 17.4 Å². The maximum atomic E-state index is 13.7. The van der Waals surface area contributed by atoms with E-state index in [1.807, 2.05) is 69.4 Å². The van der Waals surface area contributed by atoms with Crippen LogP contribution >= 0.6 is 0 Å². The van der Waals surface area contributed by atoms with E-state index in [9.17, 15) is 24.3 Å². The van der Waals surface area contributed by atoms with E-state index in [1.54, 1.807) is 13.0 Å². The Morgan fingerprint density at radius 3 is 2.60 bits per heavy atom. The minimum absolute atomic E-state index is 0.193. The highest BCUT2D eigenvalue weighted by molar-refractivity contribution is 6.32. The average molecular weight is 718 g/mol. The summed E-state index contributed by atoms with van der Waals surface area (Å²) in [6, 6.07) is 10.0. The molecule has 2 aliphatic heterocycles. The number of allylic oxidation sites excluding steroid dienone is 3. The number of amides is 1. The van der Waals surface area contributed by atoms with Crippen molar-refractivity contribution < 1.29 is 48.0 Å². The molecule has 1 aromatic carbocycles. The SMILES string of the molecule is CO[C@H]1C[C@H]2C=CC3C4C(O)[C@@H](C)[C@@H](OC(=O)C5=CC=CC5)[C@@H]3O[C@]42/C(C)=C/[C@@H](C)[C@@H]([C@@H](C)OC(=O)C(=O)NCCCCc2ccccc2)OC1=O. The van der Waals surface area contributed by atoms with Crippen LogP contribution in [0, 0.1) is 29.6 Å². The van der Waals surface area contributed by atoms with Gasteiger partial charge in [0.15, 0.2) is 6.10 Å². The van der Waals surface area contributed by atoms with Gasteiger partial charge in [0.2, 0.25) is 0 Å². The van der Waals surface area contributed by atoms with Crippen molar-refractivity contribution in [1.82, 2.24) is 5.32 Å². The van der Waals surface area contributed by atoms with E-state index in [0.717, 1.165) is 18.4 Å². The van der Waals surface area contributed by atoms with E-state index in [1.165, 1.54) is 12.7 Å². The van der Waals surface area contributed by atoms with Crippen molar-refractivity contribution in [3.63, 3.8) is 0 Å². The van der Waals surface area contributed by atoms with Crippen LogP contribution in [0.3, 0.4) is 0 Å². The lowest BCUT2D eigenvalue weighted by molar-refractivity contribution is -0.180. The van der Waals surface area contributed by atoms with E-state index < -0.39 is 77.9 Å². The van der Waals surface area contributed by atoms with Gasteiger partial charge < -0.3 is 34.1 Å². The number of carbonyl (C=O) groups is 4. The smallest absolute Gasteiger partial charge is 0.397 e. The third kappa shape index (κ3) is 7.27. The molecule has 52 heavy (non-hydrogen) atoms. The van der Waals surface area contributed by atoms with Gasteiger partial charge in [-0.3, -0.25) is 4.79 Å². The summed E-state index contributed by atoms with van der Waals surface area (Å²) in [4.78, 5) is 52.4. The molecule has 3 aliphatic carbocycles. The molecule has 1 saturated heterocycles. The van der Waals surface area contributed by atoms with Crippen molar-refractivity contribution in [2.24, 2.45) is 29.6 Å². The third-order valence-electron chi connectivity index (χ3n) is 11.6. The van der Waals surface area contributed by atoms with Gasteiger partial charge in [0, 0.05) is 48.8 Å². The number of rotatable bonds is 10. The molecule has 6 rings (SSSR count). The van der Waals surface area contributed by atoms with Crippen LogP contribution < -0.4 is 5.32 Å². The minimum atomic E-state index is -1.06. The number of carbonyl (C=O) groups excluding carboxylic acids is 4. The predicted octanol–water partition coefficient (Wildman–Crippen LogP) is 4.33. The van der Waals surface area contributed by atoms with Gasteiger partial charge >= 0.3 is 23.8 Å². The van der Waals surface area contributed by atoms with Crippen molar-refractivity contribution >= 4 is 23.8 Å². The molecule has 11 heteroatoms. The first-order chi connectivity index (χ1) is 25.0. The zero-order valence-electron chi connectivity index (χ0n) is 30.6.